The van der Waals surface area contributed by atoms with Crippen LogP contribution in [-0.2, 0) is 9.53 Å². The third-order valence-electron chi connectivity index (χ3n) is 2.25. The number of hydrogen-bond donors (Lipinski definition) is 1. The summed E-state index contributed by atoms with van der Waals surface area (Å²) in [5.74, 6) is -0.434. The van der Waals surface area contributed by atoms with Crippen molar-refractivity contribution in [1.29, 1.82) is 0 Å². The largest absolute Gasteiger partial charge is 0.465 e. The van der Waals surface area contributed by atoms with Crippen LogP contribution in [0.15, 0.2) is 41.4 Å². The van der Waals surface area contributed by atoms with Crippen molar-refractivity contribution >= 4 is 23.5 Å². The predicted molar refractivity (Wildman–Crippen MR) is 77.0 cm³/mol. The van der Waals surface area contributed by atoms with E-state index in [4.69, 9.17) is 4.74 Å². The van der Waals surface area contributed by atoms with Gasteiger partial charge in [-0.15, -0.1) is 11.8 Å². The van der Waals surface area contributed by atoms with Gasteiger partial charge in [-0.2, -0.15) is 0 Å². The molecule has 0 amide bonds. The van der Waals surface area contributed by atoms with E-state index >= 15 is 0 Å². The van der Waals surface area contributed by atoms with Crippen molar-refractivity contribution in [2.75, 3.05) is 19.4 Å². The Kier molecular flexibility index (Phi) is 6.74. The first-order chi connectivity index (χ1) is 9.17. The van der Waals surface area contributed by atoms with Gasteiger partial charge in [0, 0.05) is 11.6 Å². The Labute approximate surface area is 117 Å². The summed E-state index contributed by atoms with van der Waals surface area (Å²) >= 11 is 1.37. The zero-order valence-corrected chi connectivity index (χ0v) is 11.8. The van der Waals surface area contributed by atoms with E-state index < -0.39 is 0 Å². The van der Waals surface area contributed by atoms with Crippen molar-refractivity contribution in [3.8, 4) is 0 Å². The lowest BCUT2D eigenvalue weighted by Gasteiger charge is -2.07. The molecule has 0 aliphatic heterocycles. The van der Waals surface area contributed by atoms with E-state index in [2.05, 4.69) is 5.32 Å². The number of esters is 1. The average molecular weight is 279 g/mol. The maximum absolute atomic E-state index is 11.9. The Morgan fingerprint density at radius 1 is 1.32 bits per heavy atom. The fraction of sp³-hybridized carbons (Fsp3) is 0.286. The zero-order valence-electron chi connectivity index (χ0n) is 11.0. The maximum Gasteiger partial charge on any atom is 0.325 e. The zero-order chi connectivity index (χ0) is 14.1. The lowest BCUT2D eigenvalue weighted by atomic mass is 10.1. The van der Waals surface area contributed by atoms with E-state index in [1.165, 1.54) is 17.8 Å². The Morgan fingerprint density at radius 3 is 2.58 bits per heavy atom. The summed E-state index contributed by atoms with van der Waals surface area (Å²) in [4.78, 5) is 23.2. The van der Waals surface area contributed by atoms with E-state index in [9.17, 15) is 9.59 Å². The van der Waals surface area contributed by atoms with Gasteiger partial charge in [0.05, 0.1) is 11.6 Å². The van der Waals surface area contributed by atoms with E-state index in [1.54, 1.807) is 19.1 Å². The Bertz CT molecular complexity index is 457. The summed E-state index contributed by atoms with van der Waals surface area (Å²) in [6.07, 6.45) is 3.32. The second-order valence-electron chi connectivity index (χ2n) is 3.60. The fourth-order valence-corrected chi connectivity index (χ4v) is 1.80. The highest BCUT2D eigenvalue weighted by Gasteiger charge is 2.06. The highest BCUT2D eigenvalue weighted by atomic mass is 32.2. The number of benzene rings is 1. The lowest BCUT2D eigenvalue weighted by molar-refractivity contribution is -0.141. The first-order valence-corrected chi connectivity index (χ1v) is 7.14. The number of ether oxygens (including phenoxy) is 1. The third-order valence-corrected chi connectivity index (χ3v) is 2.95. The molecule has 1 aromatic carbocycles. The molecule has 1 aromatic rings. The molecule has 1 N–H and O–H groups in total. The second kappa shape index (κ2) is 8.37. The van der Waals surface area contributed by atoms with Crippen LogP contribution in [0.25, 0.3) is 0 Å². The summed E-state index contributed by atoms with van der Waals surface area (Å²) in [5, 5.41) is 3.52. The van der Waals surface area contributed by atoms with Crippen LogP contribution in [0.4, 0.5) is 0 Å². The van der Waals surface area contributed by atoms with E-state index in [0.29, 0.717) is 17.2 Å². The molecule has 0 saturated carbocycles. The van der Waals surface area contributed by atoms with Gasteiger partial charge in [-0.3, -0.25) is 9.59 Å². The van der Waals surface area contributed by atoms with Crippen LogP contribution in [0.5, 0.6) is 0 Å². The molecular formula is C14H17NO3S. The molecule has 4 nitrogen and oxygen atoms in total. The number of carbonyl (C=O) groups is 2. The average Bonchev–Trinajstić information content (AvgIpc) is 2.44. The van der Waals surface area contributed by atoms with E-state index in [0.717, 1.165) is 0 Å². The molecule has 0 aromatic heterocycles. The SMILES string of the molecule is CCOC(=O)CN/C(=C\C(=O)c1ccccc1)SC. The van der Waals surface area contributed by atoms with Gasteiger partial charge in [-0.05, 0) is 13.2 Å². The van der Waals surface area contributed by atoms with Crippen molar-refractivity contribution in [1.82, 2.24) is 5.32 Å². The standard InChI is InChI=1S/C14H17NO3S/c1-3-18-14(17)10-15-13(19-2)9-12(16)11-7-5-4-6-8-11/h4-9,15H,3,10H2,1-2H3/b13-9+. The van der Waals surface area contributed by atoms with Crippen molar-refractivity contribution in [2.24, 2.45) is 0 Å². The summed E-state index contributed by atoms with van der Waals surface area (Å²) < 4.78 is 4.80. The van der Waals surface area contributed by atoms with Gasteiger partial charge in [0.2, 0.25) is 0 Å². The number of thioether (sulfide) groups is 1. The predicted octanol–water partition coefficient (Wildman–Crippen LogP) is 2.23. The van der Waals surface area contributed by atoms with Gasteiger partial charge in [-0.25, -0.2) is 0 Å². The topological polar surface area (TPSA) is 55.4 Å². The third kappa shape index (κ3) is 5.61. The minimum atomic E-state index is -0.338. The van der Waals surface area contributed by atoms with Crippen LogP contribution in [-0.4, -0.2) is 31.2 Å². The number of rotatable bonds is 7. The Morgan fingerprint density at radius 2 is 2.00 bits per heavy atom. The molecule has 0 unspecified atom stereocenters. The molecule has 0 aliphatic carbocycles. The fourth-order valence-electron chi connectivity index (χ4n) is 1.36. The molecule has 102 valence electrons. The first-order valence-electron chi connectivity index (χ1n) is 5.92. The lowest BCUT2D eigenvalue weighted by Crippen LogP contribution is -2.23. The van der Waals surface area contributed by atoms with Gasteiger partial charge in [0.15, 0.2) is 5.78 Å². The second-order valence-corrected chi connectivity index (χ2v) is 4.45. The molecule has 0 aliphatic rings. The highest BCUT2D eigenvalue weighted by Crippen LogP contribution is 2.10. The number of allylic oxidation sites excluding steroid dienone is 1. The quantitative estimate of drug-likeness (QED) is 0.471. The molecule has 0 radical (unpaired) electrons. The van der Waals surface area contributed by atoms with Crippen LogP contribution in [0, 0.1) is 0 Å². The summed E-state index contributed by atoms with van der Waals surface area (Å²) in [7, 11) is 0. The molecule has 0 fully saturated rings. The molecule has 0 atom stereocenters. The van der Waals surface area contributed by atoms with Gasteiger partial charge >= 0.3 is 5.97 Å². The molecule has 0 saturated heterocycles. The summed E-state index contributed by atoms with van der Waals surface area (Å²) in [5.41, 5.74) is 0.618. The van der Waals surface area contributed by atoms with Crippen LogP contribution in [0.1, 0.15) is 17.3 Å². The maximum atomic E-state index is 11.9. The van der Waals surface area contributed by atoms with Gasteiger partial charge in [0.1, 0.15) is 6.54 Å². The summed E-state index contributed by atoms with van der Waals surface area (Å²) in [6.45, 7) is 2.16. The molecule has 1 rings (SSSR count). The Hall–Kier alpha value is -1.75. The monoisotopic (exact) mass is 279 g/mol. The molecule has 0 spiro atoms. The van der Waals surface area contributed by atoms with Gasteiger partial charge in [0.25, 0.3) is 0 Å². The van der Waals surface area contributed by atoms with E-state index in [1.807, 2.05) is 24.5 Å². The minimum Gasteiger partial charge on any atom is -0.465 e. The van der Waals surface area contributed by atoms with Gasteiger partial charge < -0.3 is 10.1 Å². The highest BCUT2D eigenvalue weighted by molar-refractivity contribution is 8.02. The number of carbonyl (C=O) groups excluding carboxylic acids is 2. The molecule has 19 heavy (non-hydrogen) atoms. The van der Waals surface area contributed by atoms with Gasteiger partial charge in [-0.1, -0.05) is 30.3 Å². The molecular weight excluding hydrogens is 262 g/mol. The van der Waals surface area contributed by atoms with Crippen LogP contribution in [0.3, 0.4) is 0 Å². The smallest absolute Gasteiger partial charge is 0.325 e. The van der Waals surface area contributed by atoms with Crippen molar-refractivity contribution in [2.45, 2.75) is 6.92 Å². The number of ketones is 1. The summed E-state index contributed by atoms with van der Waals surface area (Å²) in [6, 6.07) is 8.98. The van der Waals surface area contributed by atoms with Crippen LogP contribution >= 0.6 is 11.8 Å². The normalized spacial score (nSPS) is 10.9. The van der Waals surface area contributed by atoms with Crippen molar-refractivity contribution < 1.29 is 14.3 Å². The van der Waals surface area contributed by atoms with E-state index in [-0.39, 0.29) is 18.3 Å². The Balaban J connectivity index is 2.61. The minimum absolute atomic E-state index is 0.0581. The number of hydrogen-bond acceptors (Lipinski definition) is 5. The molecule has 0 heterocycles. The van der Waals surface area contributed by atoms with Crippen LogP contribution < -0.4 is 5.32 Å². The molecule has 0 bridgehead atoms. The van der Waals surface area contributed by atoms with Crippen molar-refractivity contribution in [3.63, 3.8) is 0 Å². The van der Waals surface area contributed by atoms with Crippen LogP contribution in [0.2, 0.25) is 0 Å². The first kappa shape index (κ1) is 15.3. The van der Waals surface area contributed by atoms with Crippen molar-refractivity contribution in [3.05, 3.63) is 47.0 Å². The molecule has 5 heteroatoms. The number of nitrogens with one attached hydrogen (secondary N) is 1.